The van der Waals surface area contributed by atoms with Gasteiger partial charge in [-0.25, -0.2) is 19.9 Å². The van der Waals surface area contributed by atoms with Crippen LogP contribution in [0.2, 0.25) is 5.15 Å². The lowest BCUT2D eigenvalue weighted by Crippen LogP contribution is -1.97. The molecule has 0 unspecified atom stereocenters. The molecule has 0 atom stereocenters. The SMILES string of the molecule is Cc1cc(/C=C/C#N)cc(C)c1-c1cccc2cnc(Cl)cc12.Cc1cc(/C=C/C#N)cc(C)c1-c1cccc2cnc(Nc3ccc(C#N)cn3)cc12.N#Cc1ccc(N)nc1. The summed E-state index contributed by atoms with van der Waals surface area (Å²) in [5.74, 6) is 1.75. The molecule has 8 aromatic rings. The van der Waals surface area contributed by atoms with Gasteiger partial charge in [0.2, 0.25) is 0 Å². The lowest BCUT2D eigenvalue weighted by Gasteiger charge is -2.15. The van der Waals surface area contributed by atoms with Gasteiger partial charge >= 0.3 is 0 Å². The van der Waals surface area contributed by atoms with Crippen LogP contribution in [0.15, 0.2) is 134 Å². The molecule has 0 fully saturated rings. The second-order valence-electron chi connectivity index (χ2n) is 14.4. The first kappa shape index (κ1) is 43.9. The van der Waals surface area contributed by atoms with E-state index in [2.05, 4.69) is 95.4 Å². The van der Waals surface area contributed by atoms with E-state index >= 15 is 0 Å². The van der Waals surface area contributed by atoms with Crippen LogP contribution in [-0.4, -0.2) is 19.9 Å². The summed E-state index contributed by atoms with van der Waals surface area (Å²) in [6, 6.07) is 39.5. The number of hydrogen-bond donors (Lipinski definition) is 2. The lowest BCUT2D eigenvalue weighted by molar-refractivity contribution is 1.25. The van der Waals surface area contributed by atoms with Crippen molar-refractivity contribution in [1.82, 2.24) is 19.9 Å². The average Bonchev–Trinajstić information content (AvgIpc) is 3.28. The number of anilines is 3. The molecular formula is C52H39ClN10. The van der Waals surface area contributed by atoms with Gasteiger partial charge in [0.15, 0.2) is 0 Å². The van der Waals surface area contributed by atoms with Gasteiger partial charge in [0.05, 0.1) is 23.3 Å². The van der Waals surface area contributed by atoms with E-state index in [-0.39, 0.29) is 0 Å². The molecule has 8 rings (SSSR count). The Morgan fingerprint density at radius 1 is 0.540 bits per heavy atom. The summed E-state index contributed by atoms with van der Waals surface area (Å²) in [7, 11) is 0. The van der Waals surface area contributed by atoms with Crippen molar-refractivity contribution in [2.75, 3.05) is 11.1 Å². The molecule has 304 valence electrons. The molecule has 0 aliphatic carbocycles. The van der Waals surface area contributed by atoms with E-state index in [0.717, 1.165) is 54.9 Å². The first-order chi connectivity index (χ1) is 30.5. The molecule has 4 heterocycles. The number of nitrogens with zero attached hydrogens (tertiary/aromatic N) is 8. The number of pyridine rings is 4. The molecule has 10 nitrogen and oxygen atoms in total. The minimum atomic E-state index is 0.439. The molecule has 0 aliphatic heterocycles. The van der Waals surface area contributed by atoms with Gasteiger partial charge in [-0.2, -0.15) is 21.0 Å². The third-order valence-electron chi connectivity index (χ3n) is 9.91. The van der Waals surface area contributed by atoms with Gasteiger partial charge < -0.3 is 11.1 Å². The number of hydrogen-bond acceptors (Lipinski definition) is 10. The number of rotatable bonds is 6. The van der Waals surface area contributed by atoms with Crippen LogP contribution >= 0.6 is 11.6 Å². The predicted molar refractivity (Wildman–Crippen MR) is 253 cm³/mol. The van der Waals surface area contributed by atoms with Gasteiger partial charge in [0.1, 0.15) is 34.7 Å². The molecule has 11 heteroatoms. The fourth-order valence-corrected chi connectivity index (χ4v) is 7.42. The van der Waals surface area contributed by atoms with Gasteiger partial charge in [-0.05, 0) is 143 Å². The van der Waals surface area contributed by atoms with Crippen molar-refractivity contribution >= 4 is 62.8 Å². The van der Waals surface area contributed by atoms with Crippen molar-refractivity contribution in [2.45, 2.75) is 27.7 Å². The quantitative estimate of drug-likeness (QED) is 0.121. The van der Waals surface area contributed by atoms with Crippen LogP contribution in [0.25, 0.3) is 56.0 Å². The summed E-state index contributed by atoms with van der Waals surface area (Å²) < 4.78 is 0. The third kappa shape index (κ3) is 10.9. The molecule has 0 spiro atoms. The Morgan fingerprint density at radius 3 is 1.48 bits per heavy atom. The maximum absolute atomic E-state index is 8.94. The van der Waals surface area contributed by atoms with Crippen molar-refractivity contribution in [1.29, 1.82) is 21.0 Å². The second-order valence-corrected chi connectivity index (χ2v) is 14.8. The zero-order valence-corrected chi connectivity index (χ0v) is 35.6. The number of allylic oxidation sites excluding steroid dienone is 2. The fourth-order valence-electron chi connectivity index (χ4n) is 7.26. The van der Waals surface area contributed by atoms with E-state index in [0.29, 0.717) is 33.7 Å². The molecule has 4 aromatic heterocycles. The molecule has 0 amide bonds. The van der Waals surface area contributed by atoms with E-state index in [1.54, 1.807) is 30.5 Å². The van der Waals surface area contributed by atoms with Crippen molar-refractivity contribution in [2.24, 2.45) is 0 Å². The minimum Gasteiger partial charge on any atom is -0.384 e. The zero-order valence-electron chi connectivity index (χ0n) is 34.9. The van der Waals surface area contributed by atoms with Gasteiger partial charge in [-0.15, -0.1) is 0 Å². The van der Waals surface area contributed by atoms with E-state index in [9.17, 15) is 0 Å². The number of aromatic nitrogens is 4. The number of aryl methyl sites for hydroxylation is 4. The highest BCUT2D eigenvalue weighted by Crippen LogP contribution is 2.36. The zero-order chi connectivity index (χ0) is 44.9. The molecule has 0 radical (unpaired) electrons. The standard InChI is InChI=1S/C26H19N5.C20H15ClN2.C6H5N3/c1-17-11-19(5-4-10-27)12-18(2)26(17)22-7-3-6-21-16-30-25(13-23(21)22)31-24-9-8-20(14-28)15-29-24;1-13-9-15(5-4-8-22)10-14(2)20(13)17-7-3-6-16-12-23-19(21)11-18(16)17;7-3-5-1-2-6(8)9-4-5/h3-9,11-13,15-16H,1-2H3,(H,29,30,31);3-7,9-12H,1-2H3;1-2,4H,(H2,8,9)/b2*5-4+;. The number of nitrogen functional groups attached to an aromatic ring is 1. The van der Waals surface area contributed by atoms with Crippen molar-refractivity contribution in [3.05, 3.63) is 184 Å². The fraction of sp³-hybridized carbons (Fsp3) is 0.0769. The summed E-state index contributed by atoms with van der Waals surface area (Å²) in [5.41, 5.74) is 17.6. The smallest absolute Gasteiger partial charge is 0.132 e. The molecule has 0 aliphatic rings. The van der Waals surface area contributed by atoms with E-state index in [4.69, 9.17) is 38.4 Å². The molecule has 0 bridgehead atoms. The highest BCUT2D eigenvalue weighted by molar-refractivity contribution is 6.30. The first-order valence-electron chi connectivity index (χ1n) is 19.5. The van der Waals surface area contributed by atoms with Crippen LogP contribution in [-0.2, 0) is 0 Å². The van der Waals surface area contributed by atoms with Gasteiger partial charge in [-0.3, -0.25) is 0 Å². The molecule has 0 saturated carbocycles. The Balaban J connectivity index is 0.000000180. The topological polar surface area (TPSA) is 185 Å². The Labute approximate surface area is 371 Å². The minimum absolute atomic E-state index is 0.439. The van der Waals surface area contributed by atoms with Crippen LogP contribution in [0.4, 0.5) is 17.5 Å². The maximum Gasteiger partial charge on any atom is 0.132 e. The van der Waals surface area contributed by atoms with Crippen LogP contribution in [0, 0.1) is 73.0 Å². The Kier molecular flexibility index (Phi) is 14.3. The number of halogens is 1. The van der Waals surface area contributed by atoms with Crippen LogP contribution < -0.4 is 11.1 Å². The van der Waals surface area contributed by atoms with Crippen LogP contribution in [0.3, 0.4) is 0 Å². The molecule has 0 saturated heterocycles. The van der Waals surface area contributed by atoms with Crippen molar-refractivity contribution < 1.29 is 0 Å². The summed E-state index contributed by atoms with van der Waals surface area (Å²) >= 11 is 6.09. The maximum atomic E-state index is 8.94. The van der Waals surface area contributed by atoms with Gasteiger partial charge in [0, 0.05) is 47.7 Å². The Morgan fingerprint density at radius 2 is 1.02 bits per heavy atom. The number of nitriles is 4. The summed E-state index contributed by atoms with van der Waals surface area (Å²) in [6.45, 7) is 8.36. The third-order valence-corrected chi connectivity index (χ3v) is 10.1. The van der Waals surface area contributed by atoms with E-state index in [1.807, 2.05) is 73.0 Å². The molecule has 4 aromatic carbocycles. The number of fused-ring (bicyclic) bond motifs is 2. The van der Waals surface area contributed by atoms with E-state index in [1.165, 1.54) is 46.8 Å². The Bertz CT molecular complexity index is 3150. The van der Waals surface area contributed by atoms with Crippen LogP contribution in [0.1, 0.15) is 44.5 Å². The number of benzene rings is 4. The lowest BCUT2D eigenvalue weighted by atomic mass is 9.90. The number of nitrogens with two attached hydrogens (primary N) is 1. The first-order valence-corrected chi connectivity index (χ1v) is 19.9. The van der Waals surface area contributed by atoms with Crippen molar-refractivity contribution in [3.8, 4) is 46.5 Å². The second kappa shape index (κ2) is 20.5. The van der Waals surface area contributed by atoms with Gasteiger partial charge in [0.25, 0.3) is 0 Å². The highest BCUT2D eigenvalue weighted by atomic mass is 35.5. The normalized spacial score (nSPS) is 10.5. The molecular weight excluding hydrogens is 800 g/mol. The summed E-state index contributed by atoms with van der Waals surface area (Å²) in [4.78, 5) is 16.6. The molecule has 63 heavy (non-hydrogen) atoms. The monoisotopic (exact) mass is 838 g/mol. The average molecular weight is 839 g/mol. The number of nitrogens with one attached hydrogen (secondary N) is 1. The van der Waals surface area contributed by atoms with Crippen LogP contribution in [0.5, 0.6) is 0 Å². The Hall–Kier alpha value is -8.67. The summed E-state index contributed by atoms with van der Waals surface area (Å²) in [6.07, 6.45) is 13.3. The van der Waals surface area contributed by atoms with E-state index < -0.39 is 0 Å². The van der Waals surface area contributed by atoms with Crippen molar-refractivity contribution in [3.63, 3.8) is 0 Å². The molecule has 3 N–H and O–H groups in total. The summed E-state index contributed by atoms with van der Waals surface area (Å²) in [5, 5.41) is 42.7. The highest BCUT2D eigenvalue weighted by Gasteiger charge is 2.13. The largest absolute Gasteiger partial charge is 0.384 e. The predicted octanol–water partition coefficient (Wildman–Crippen LogP) is 12.3. The van der Waals surface area contributed by atoms with Gasteiger partial charge in [-0.1, -0.05) is 72.3 Å².